The fraction of sp³-hybridized carbons (Fsp3) is 0.769. The molecule has 2 N–H and O–H groups in total. The highest BCUT2D eigenvalue weighted by molar-refractivity contribution is 7.98. The number of piperidine rings is 1. The Balaban J connectivity index is 1.85. The summed E-state index contributed by atoms with van der Waals surface area (Å²) in [7, 11) is 0. The van der Waals surface area contributed by atoms with E-state index in [-0.39, 0.29) is 35.1 Å². The third kappa shape index (κ3) is 7.55. The largest absolute Gasteiger partial charge is 0.378 e. The molecular formula is C26H44N6O3S. The number of thioether (sulfide) groups is 1. The molecule has 2 aliphatic rings. The van der Waals surface area contributed by atoms with Crippen LogP contribution in [0.1, 0.15) is 57.2 Å². The van der Waals surface area contributed by atoms with Crippen molar-refractivity contribution in [2.45, 2.75) is 52.5 Å². The van der Waals surface area contributed by atoms with Crippen molar-refractivity contribution in [2.24, 2.45) is 11.8 Å². The van der Waals surface area contributed by atoms with Crippen molar-refractivity contribution >= 4 is 29.4 Å². The van der Waals surface area contributed by atoms with Gasteiger partial charge in [0, 0.05) is 62.7 Å². The molecular weight excluding hydrogens is 476 g/mol. The van der Waals surface area contributed by atoms with Gasteiger partial charge in [0.25, 0.3) is 5.91 Å². The Bertz CT molecular complexity index is 885. The molecule has 202 valence electrons. The van der Waals surface area contributed by atoms with Gasteiger partial charge in [0.1, 0.15) is 17.2 Å². The number of aromatic nitrogens is 2. The van der Waals surface area contributed by atoms with Crippen LogP contribution in [0.3, 0.4) is 0 Å². The zero-order chi connectivity index (χ0) is 26.3. The normalized spacial score (nSPS) is 20.9. The topological polar surface area (TPSA) is 99.7 Å². The van der Waals surface area contributed by atoms with Crippen molar-refractivity contribution in [3.63, 3.8) is 0 Å². The van der Waals surface area contributed by atoms with Crippen molar-refractivity contribution in [3.05, 3.63) is 17.6 Å². The second-order valence-corrected chi connectivity index (χ2v) is 12.1. The standard InChI is InChI=1S/C26H44N6O3S/c1-18(2)17-32(20-13-19(14-27-15-20)23(33)31-8-10-35-11-9-31)24(34)21-16-29-25(26(3,4)5)30-22(21)28-7-12-36-6/h16,18-20,27H,7-15,17H2,1-6H3,(H,28,29,30)/t19-,20?/m1/s1. The van der Waals surface area contributed by atoms with Crippen LogP contribution in [-0.2, 0) is 14.9 Å². The maximum absolute atomic E-state index is 14.0. The molecule has 0 spiro atoms. The first kappa shape index (κ1) is 28.7. The van der Waals surface area contributed by atoms with Gasteiger partial charge in [-0.2, -0.15) is 11.8 Å². The summed E-state index contributed by atoms with van der Waals surface area (Å²) in [6.07, 6.45) is 4.39. The number of amides is 2. The predicted octanol–water partition coefficient (Wildman–Crippen LogP) is 2.48. The molecule has 2 saturated heterocycles. The second-order valence-electron chi connectivity index (χ2n) is 11.2. The van der Waals surface area contributed by atoms with E-state index in [1.165, 1.54) is 0 Å². The average Bonchev–Trinajstić information content (AvgIpc) is 2.86. The molecule has 2 amide bonds. The number of rotatable bonds is 9. The Morgan fingerprint density at radius 1 is 1.28 bits per heavy atom. The van der Waals surface area contributed by atoms with E-state index < -0.39 is 0 Å². The van der Waals surface area contributed by atoms with Gasteiger partial charge in [0.2, 0.25) is 5.91 Å². The lowest BCUT2D eigenvalue weighted by Crippen LogP contribution is -2.56. The number of nitrogens with one attached hydrogen (secondary N) is 2. The smallest absolute Gasteiger partial charge is 0.259 e. The number of carbonyl (C=O) groups is 2. The number of hydrogen-bond donors (Lipinski definition) is 2. The Hall–Kier alpha value is -1.91. The Morgan fingerprint density at radius 2 is 2.00 bits per heavy atom. The molecule has 9 nitrogen and oxygen atoms in total. The van der Waals surface area contributed by atoms with Gasteiger partial charge in [-0.25, -0.2) is 9.97 Å². The quantitative estimate of drug-likeness (QED) is 0.479. The minimum Gasteiger partial charge on any atom is -0.378 e. The summed E-state index contributed by atoms with van der Waals surface area (Å²) in [5.41, 5.74) is 0.265. The molecule has 0 bridgehead atoms. The van der Waals surface area contributed by atoms with Crippen molar-refractivity contribution in [1.82, 2.24) is 25.1 Å². The summed E-state index contributed by atoms with van der Waals surface area (Å²) in [6.45, 7) is 15.5. The van der Waals surface area contributed by atoms with Gasteiger partial charge in [-0.05, 0) is 18.6 Å². The molecule has 1 unspecified atom stereocenters. The highest BCUT2D eigenvalue weighted by Gasteiger charge is 2.36. The van der Waals surface area contributed by atoms with Gasteiger partial charge in [0.15, 0.2) is 0 Å². The molecule has 10 heteroatoms. The zero-order valence-corrected chi connectivity index (χ0v) is 23.6. The molecule has 1 aromatic rings. The van der Waals surface area contributed by atoms with Gasteiger partial charge in [-0.15, -0.1) is 0 Å². The molecule has 0 aliphatic carbocycles. The number of ether oxygens (including phenoxy) is 1. The van der Waals surface area contributed by atoms with Crippen LogP contribution in [0.15, 0.2) is 6.20 Å². The molecule has 3 rings (SSSR count). The number of anilines is 1. The molecule has 0 saturated carbocycles. The summed E-state index contributed by atoms with van der Waals surface area (Å²) in [4.78, 5) is 40.4. The van der Waals surface area contributed by atoms with Gasteiger partial charge in [-0.1, -0.05) is 34.6 Å². The summed E-state index contributed by atoms with van der Waals surface area (Å²) in [6, 6.07) is -0.0787. The zero-order valence-electron chi connectivity index (χ0n) is 22.8. The molecule has 0 radical (unpaired) electrons. The fourth-order valence-electron chi connectivity index (χ4n) is 4.64. The predicted molar refractivity (Wildman–Crippen MR) is 146 cm³/mol. The van der Waals surface area contributed by atoms with Gasteiger partial charge in [-0.3, -0.25) is 9.59 Å². The van der Waals surface area contributed by atoms with Gasteiger partial charge in [0.05, 0.1) is 19.1 Å². The molecule has 2 atom stereocenters. The average molecular weight is 521 g/mol. The summed E-state index contributed by atoms with van der Waals surface area (Å²) in [5, 5.41) is 6.81. The van der Waals surface area contributed by atoms with E-state index in [1.807, 2.05) is 9.80 Å². The minimum atomic E-state index is -0.227. The van der Waals surface area contributed by atoms with Crippen molar-refractivity contribution < 1.29 is 14.3 Å². The molecule has 3 heterocycles. The van der Waals surface area contributed by atoms with Crippen LogP contribution in [-0.4, -0.2) is 102 Å². The van der Waals surface area contributed by atoms with E-state index in [1.54, 1.807) is 18.0 Å². The second kappa shape index (κ2) is 13.1. The molecule has 0 aromatic carbocycles. The lowest BCUT2D eigenvalue weighted by molar-refractivity contribution is -0.140. The maximum atomic E-state index is 14.0. The first-order valence-electron chi connectivity index (χ1n) is 13.1. The van der Waals surface area contributed by atoms with Crippen LogP contribution in [0, 0.1) is 11.8 Å². The van der Waals surface area contributed by atoms with Crippen molar-refractivity contribution in [3.8, 4) is 0 Å². The van der Waals surface area contributed by atoms with Crippen molar-refractivity contribution in [1.29, 1.82) is 0 Å². The Morgan fingerprint density at radius 3 is 2.64 bits per heavy atom. The third-order valence-corrected chi connectivity index (χ3v) is 7.16. The summed E-state index contributed by atoms with van der Waals surface area (Å²) < 4.78 is 5.41. The first-order chi connectivity index (χ1) is 17.1. The van der Waals surface area contributed by atoms with Crippen LogP contribution in [0.4, 0.5) is 5.82 Å². The monoisotopic (exact) mass is 520 g/mol. The van der Waals surface area contributed by atoms with Crippen LogP contribution >= 0.6 is 11.8 Å². The van der Waals surface area contributed by atoms with Crippen LogP contribution in [0.5, 0.6) is 0 Å². The van der Waals surface area contributed by atoms with Gasteiger partial charge < -0.3 is 25.2 Å². The fourth-order valence-corrected chi connectivity index (χ4v) is 4.94. The highest BCUT2D eigenvalue weighted by Crippen LogP contribution is 2.26. The van der Waals surface area contributed by atoms with E-state index in [0.29, 0.717) is 76.1 Å². The minimum absolute atomic E-state index is 0.0787. The van der Waals surface area contributed by atoms with Crippen LogP contribution < -0.4 is 10.6 Å². The number of morpholine rings is 1. The summed E-state index contributed by atoms with van der Waals surface area (Å²) in [5.74, 6) is 2.42. The molecule has 36 heavy (non-hydrogen) atoms. The Kier molecular flexibility index (Phi) is 10.4. The highest BCUT2D eigenvalue weighted by atomic mass is 32.2. The third-order valence-electron chi connectivity index (χ3n) is 6.55. The number of nitrogens with zero attached hydrogens (tertiary/aromatic N) is 4. The molecule has 2 aliphatic heterocycles. The molecule has 1 aromatic heterocycles. The molecule has 2 fully saturated rings. The lowest BCUT2D eigenvalue weighted by Gasteiger charge is -2.40. The van der Waals surface area contributed by atoms with E-state index in [0.717, 1.165) is 5.75 Å². The van der Waals surface area contributed by atoms with Crippen LogP contribution in [0.25, 0.3) is 0 Å². The van der Waals surface area contributed by atoms with Crippen molar-refractivity contribution in [2.75, 3.05) is 69.8 Å². The first-order valence-corrected chi connectivity index (χ1v) is 14.5. The number of hydrogen-bond acceptors (Lipinski definition) is 8. The number of carbonyl (C=O) groups excluding carboxylic acids is 2. The van der Waals surface area contributed by atoms with E-state index in [4.69, 9.17) is 9.72 Å². The van der Waals surface area contributed by atoms with Gasteiger partial charge >= 0.3 is 0 Å². The lowest BCUT2D eigenvalue weighted by atomic mass is 9.92. The van der Waals surface area contributed by atoms with Crippen LogP contribution in [0.2, 0.25) is 0 Å². The van der Waals surface area contributed by atoms with E-state index in [9.17, 15) is 9.59 Å². The summed E-state index contributed by atoms with van der Waals surface area (Å²) >= 11 is 1.74. The Labute approximate surface area is 220 Å². The van der Waals surface area contributed by atoms with E-state index in [2.05, 4.69) is 56.5 Å². The maximum Gasteiger partial charge on any atom is 0.259 e. The SMILES string of the molecule is CSCCNc1nc(C(C)(C)C)ncc1C(=O)N(CC(C)C)C1CNC[C@H](C(=O)N2CCOCC2)C1. The van der Waals surface area contributed by atoms with E-state index >= 15 is 0 Å².